The molecule has 0 radical (unpaired) electrons. The number of piperidine rings is 1. The number of hydrogen-bond acceptors (Lipinski definition) is 3. The molecule has 1 atom stereocenters. The van der Waals surface area contributed by atoms with Crippen molar-refractivity contribution in [3.05, 3.63) is 0 Å². The van der Waals surface area contributed by atoms with Gasteiger partial charge in [0.2, 0.25) is 5.91 Å². The fourth-order valence-corrected chi connectivity index (χ4v) is 3.19. The van der Waals surface area contributed by atoms with Crippen molar-refractivity contribution in [3.63, 3.8) is 0 Å². The minimum absolute atomic E-state index is 0.0495. The lowest BCUT2D eigenvalue weighted by Gasteiger charge is -2.29. The number of aliphatic hydroxyl groups is 1. The Morgan fingerprint density at radius 1 is 1.42 bits per heavy atom. The molecule has 110 valence electrons. The first-order chi connectivity index (χ1) is 8.85. The maximum atomic E-state index is 11.9. The van der Waals surface area contributed by atoms with Gasteiger partial charge in [-0.25, -0.2) is 0 Å². The third-order valence-electron chi connectivity index (χ3n) is 4.25. The summed E-state index contributed by atoms with van der Waals surface area (Å²) in [7, 11) is 0. The van der Waals surface area contributed by atoms with Crippen LogP contribution in [-0.2, 0) is 4.79 Å². The largest absolute Gasteiger partial charge is 0.393 e. The molecule has 1 saturated heterocycles. The normalized spacial score (nSPS) is 31.2. The van der Waals surface area contributed by atoms with Crippen LogP contribution >= 0.6 is 23.2 Å². The Morgan fingerprint density at radius 3 is 2.53 bits per heavy atom. The van der Waals surface area contributed by atoms with E-state index in [2.05, 4.69) is 10.2 Å². The van der Waals surface area contributed by atoms with Gasteiger partial charge in [-0.15, -0.1) is 23.2 Å². The van der Waals surface area contributed by atoms with Gasteiger partial charge in [-0.2, -0.15) is 0 Å². The van der Waals surface area contributed by atoms with Crippen LogP contribution in [0.4, 0.5) is 0 Å². The SMILES string of the molecule is CC1(C(=O)NCCCN2CCC(O)CC2)CC1(Cl)Cl. The van der Waals surface area contributed by atoms with E-state index in [1.54, 1.807) is 6.92 Å². The van der Waals surface area contributed by atoms with Gasteiger partial charge < -0.3 is 15.3 Å². The van der Waals surface area contributed by atoms with E-state index in [0.29, 0.717) is 13.0 Å². The van der Waals surface area contributed by atoms with Gasteiger partial charge in [0.15, 0.2) is 0 Å². The zero-order valence-corrected chi connectivity index (χ0v) is 12.8. The van der Waals surface area contributed by atoms with Crippen LogP contribution < -0.4 is 5.32 Å². The van der Waals surface area contributed by atoms with Crippen molar-refractivity contribution >= 4 is 29.1 Å². The van der Waals surface area contributed by atoms with Crippen molar-refractivity contribution in [1.29, 1.82) is 0 Å². The van der Waals surface area contributed by atoms with Gasteiger partial charge in [0.1, 0.15) is 4.33 Å². The zero-order valence-electron chi connectivity index (χ0n) is 11.3. The van der Waals surface area contributed by atoms with Crippen LogP contribution in [0.2, 0.25) is 0 Å². The molecule has 2 fully saturated rings. The van der Waals surface area contributed by atoms with Crippen LogP contribution in [0, 0.1) is 5.41 Å². The Balaban J connectivity index is 1.59. The highest BCUT2D eigenvalue weighted by atomic mass is 35.5. The number of amides is 1. The Bertz CT molecular complexity index is 344. The van der Waals surface area contributed by atoms with Crippen molar-refractivity contribution < 1.29 is 9.90 Å². The van der Waals surface area contributed by atoms with E-state index in [4.69, 9.17) is 23.2 Å². The summed E-state index contributed by atoms with van der Waals surface area (Å²) in [6.45, 7) is 5.29. The molecule has 1 aliphatic carbocycles. The quantitative estimate of drug-likeness (QED) is 0.598. The van der Waals surface area contributed by atoms with Crippen LogP contribution in [0.15, 0.2) is 0 Å². The molecule has 2 aliphatic rings. The van der Waals surface area contributed by atoms with Gasteiger partial charge in [-0.3, -0.25) is 4.79 Å². The predicted octanol–water partition coefficient (Wildman–Crippen LogP) is 1.53. The third kappa shape index (κ3) is 3.54. The van der Waals surface area contributed by atoms with Crippen LogP contribution in [0.3, 0.4) is 0 Å². The summed E-state index contributed by atoms with van der Waals surface area (Å²) in [6.07, 6.45) is 3.01. The highest BCUT2D eigenvalue weighted by Gasteiger charge is 2.67. The Kier molecular flexibility index (Phi) is 4.66. The summed E-state index contributed by atoms with van der Waals surface area (Å²) >= 11 is 11.9. The average Bonchev–Trinajstić information content (AvgIpc) is 2.87. The number of likely N-dealkylation sites (tertiary alicyclic amines) is 1. The molecule has 6 heteroatoms. The summed E-state index contributed by atoms with van der Waals surface area (Å²) < 4.78 is -0.889. The van der Waals surface area contributed by atoms with Gasteiger partial charge in [0.05, 0.1) is 11.5 Å². The predicted molar refractivity (Wildman–Crippen MR) is 76.5 cm³/mol. The summed E-state index contributed by atoms with van der Waals surface area (Å²) in [4.78, 5) is 14.2. The number of nitrogens with one attached hydrogen (secondary N) is 1. The summed E-state index contributed by atoms with van der Waals surface area (Å²) in [5, 5.41) is 12.3. The number of rotatable bonds is 5. The van der Waals surface area contributed by atoms with Crippen molar-refractivity contribution in [1.82, 2.24) is 10.2 Å². The lowest BCUT2D eigenvalue weighted by Crippen LogP contribution is -2.38. The number of nitrogens with zero attached hydrogens (tertiary/aromatic N) is 1. The second-order valence-corrected chi connectivity index (χ2v) is 7.38. The molecule has 1 heterocycles. The minimum Gasteiger partial charge on any atom is -0.393 e. The number of hydrogen-bond donors (Lipinski definition) is 2. The van der Waals surface area contributed by atoms with E-state index < -0.39 is 9.75 Å². The molecule has 0 aromatic rings. The van der Waals surface area contributed by atoms with Crippen molar-refractivity contribution in [2.45, 2.75) is 43.0 Å². The first kappa shape index (κ1) is 15.4. The molecule has 2 rings (SSSR count). The van der Waals surface area contributed by atoms with E-state index >= 15 is 0 Å². The van der Waals surface area contributed by atoms with Gasteiger partial charge in [0, 0.05) is 19.6 Å². The maximum Gasteiger partial charge on any atom is 0.229 e. The average molecular weight is 309 g/mol. The molecule has 0 aromatic heterocycles. The molecule has 1 amide bonds. The van der Waals surface area contributed by atoms with E-state index in [9.17, 15) is 9.90 Å². The van der Waals surface area contributed by atoms with Crippen LogP contribution in [0.5, 0.6) is 0 Å². The molecule has 0 spiro atoms. The molecule has 1 aliphatic heterocycles. The molecular weight excluding hydrogens is 287 g/mol. The van der Waals surface area contributed by atoms with Crippen LogP contribution in [0.1, 0.15) is 32.6 Å². The third-order valence-corrected chi connectivity index (χ3v) is 5.35. The number of alkyl halides is 2. The van der Waals surface area contributed by atoms with Crippen molar-refractivity contribution in [2.75, 3.05) is 26.2 Å². The Labute approximate surface area is 124 Å². The standard InChI is InChI=1S/C13H22Cl2N2O2/c1-12(9-13(12,14)15)11(19)16-5-2-6-17-7-3-10(18)4-8-17/h10,18H,2-9H2,1H3,(H,16,19). The second kappa shape index (κ2) is 5.76. The van der Waals surface area contributed by atoms with Gasteiger partial charge in [0.25, 0.3) is 0 Å². The first-order valence-corrected chi connectivity index (χ1v) is 7.67. The summed E-state index contributed by atoms with van der Waals surface area (Å²) in [5.74, 6) is -0.0495. The van der Waals surface area contributed by atoms with Crippen LogP contribution in [-0.4, -0.2) is 52.5 Å². The van der Waals surface area contributed by atoms with E-state index in [-0.39, 0.29) is 12.0 Å². The molecule has 19 heavy (non-hydrogen) atoms. The highest BCUT2D eigenvalue weighted by Crippen LogP contribution is 2.63. The fourth-order valence-electron chi connectivity index (χ4n) is 2.49. The molecule has 1 saturated carbocycles. The maximum absolute atomic E-state index is 11.9. The molecule has 0 bridgehead atoms. The molecule has 1 unspecified atom stereocenters. The van der Waals surface area contributed by atoms with Crippen LogP contribution in [0.25, 0.3) is 0 Å². The Morgan fingerprint density at radius 2 is 2.00 bits per heavy atom. The Hall–Kier alpha value is -0.0300. The fraction of sp³-hybridized carbons (Fsp3) is 0.923. The first-order valence-electron chi connectivity index (χ1n) is 6.92. The number of aliphatic hydroxyl groups excluding tert-OH is 1. The number of carbonyl (C=O) groups is 1. The topological polar surface area (TPSA) is 52.6 Å². The monoisotopic (exact) mass is 308 g/mol. The van der Waals surface area contributed by atoms with Gasteiger partial charge in [-0.05, 0) is 39.2 Å². The molecule has 0 aromatic carbocycles. The van der Waals surface area contributed by atoms with Crippen molar-refractivity contribution in [2.24, 2.45) is 5.41 Å². The molecule has 4 nitrogen and oxygen atoms in total. The second-order valence-electron chi connectivity index (χ2n) is 5.90. The summed E-state index contributed by atoms with van der Waals surface area (Å²) in [6, 6.07) is 0. The molecular formula is C13H22Cl2N2O2. The lowest BCUT2D eigenvalue weighted by atomic mass is 10.1. The zero-order chi connectivity index (χ0) is 14.1. The van der Waals surface area contributed by atoms with E-state index in [1.165, 1.54) is 0 Å². The van der Waals surface area contributed by atoms with Crippen molar-refractivity contribution in [3.8, 4) is 0 Å². The van der Waals surface area contributed by atoms with E-state index in [1.807, 2.05) is 0 Å². The minimum atomic E-state index is -0.889. The lowest BCUT2D eigenvalue weighted by molar-refractivity contribution is -0.125. The molecule has 2 N–H and O–H groups in total. The highest BCUT2D eigenvalue weighted by molar-refractivity contribution is 6.53. The number of halogens is 2. The van der Waals surface area contributed by atoms with E-state index in [0.717, 1.165) is 38.9 Å². The number of carbonyl (C=O) groups excluding carboxylic acids is 1. The summed E-state index contributed by atoms with van der Waals surface area (Å²) in [5.41, 5.74) is -0.620. The van der Waals surface area contributed by atoms with Gasteiger partial charge in [-0.1, -0.05) is 0 Å². The van der Waals surface area contributed by atoms with Gasteiger partial charge >= 0.3 is 0 Å². The smallest absolute Gasteiger partial charge is 0.229 e.